The van der Waals surface area contributed by atoms with Crippen molar-refractivity contribution in [1.29, 1.82) is 0 Å². The van der Waals surface area contributed by atoms with Crippen LogP contribution in [-0.4, -0.2) is 15.5 Å². The fourth-order valence-corrected chi connectivity index (χ4v) is 3.24. The Labute approximate surface area is 148 Å². The Morgan fingerprint density at radius 3 is 2.92 bits per heavy atom. The number of benzene rings is 2. The van der Waals surface area contributed by atoms with Crippen molar-refractivity contribution in [3.8, 4) is 0 Å². The summed E-state index contributed by atoms with van der Waals surface area (Å²) in [5.74, 6) is 0.309. The molecule has 0 N–H and O–H groups in total. The molecule has 0 radical (unpaired) electrons. The van der Waals surface area contributed by atoms with Crippen LogP contribution < -0.4 is 5.56 Å². The van der Waals surface area contributed by atoms with E-state index >= 15 is 0 Å². The van der Waals surface area contributed by atoms with E-state index in [2.05, 4.69) is 4.98 Å². The van der Waals surface area contributed by atoms with E-state index in [1.165, 1.54) is 0 Å². The van der Waals surface area contributed by atoms with Gasteiger partial charge in [-0.25, -0.2) is 9.78 Å². The fourth-order valence-electron chi connectivity index (χ4n) is 3.05. The molecule has 3 aromatic rings. The first-order valence-corrected chi connectivity index (χ1v) is 8.45. The average Bonchev–Trinajstić information content (AvgIpc) is 3.09. The van der Waals surface area contributed by atoms with Crippen LogP contribution in [0.3, 0.4) is 0 Å². The van der Waals surface area contributed by atoms with Crippen LogP contribution in [0.4, 0.5) is 0 Å². The number of hydrogen-bond donors (Lipinski definition) is 0. The lowest BCUT2D eigenvalue weighted by atomic mass is 10.1. The summed E-state index contributed by atoms with van der Waals surface area (Å²) in [7, 11) is 0. The molecule has 0 saturated heterocycles. The summed E-state index contributed by atoms with van der Waals surface area (Å²) < 4.78 is 7.04. The van der Waals surface area contributed by atoms with Crippen molar-refractivity contribution in [3.05, 3.63) is 74.8 Å². The molecular formula is C19H15ClN2O3. The number of carbonyl (C=O) groups is 1. The van der Waals surface area contributed by atoms with E-state index in [9.17, 15) is 9.59 Å². The number of hydrogen-bond acceptors (Lipinski definition) is 4. The van der Waals surface area contributed by atoms with E-state index in [-0.39, 0.29) is 12.2 Å². The van der Waals surface area contributed by atoms with Gasteiger partial charge < -0.3 is 4.74 Å². The van der Waals surface area contributed by atoms with Crippen molar-refractivity contribution in [2.45, 2.75) is 26.0 Å². The lowest BCUT2D eigenvalue weighted by Gasteiger charge is -2.08. The van der Waals surface area contributed by atoms with E-state index in [0.717, 1.165) is 24.2 Å². The monoisotopic (exact) mass is 354 g/mol. The second-order valence-electron chi connectivity index (χ2n) is 5.99. The fraction of sp³-hybridized carbons (Fsp3) is 0.211. The number of halogens is 1. The topological polar surface area (TPSA) is 61.2 Å². The summed E-state index contributed by atoms with van der Waals surface area (Å²) in [6.45, 7) is 0.801. The van der Waals surface area contributed by atoms with Gasteiger partial charge in [-0.3, -0.25) is 9.36 Å². The molecule has 6 heteroatoms. The predicted molar refractivity (Wildman–Crippen MR) is 94.9 cm³/mol. The molecule has 1 aliphatic heterocycles. The molecule has 1 aliphatic rings. The van der Waals surface area contributed by atoms with Crippen LogP contribution in [0.5, 0.6) is 0 Å². The summed E-state index contributed by atoms with van der Waals surface area (Å²) in [5, 5.41) is 1.08. The Morgan fingerprint density at radius 2 is 2.08 bits per heavy atom. The van der Waals surface area contributed by atoms with Crippen molar-refractivity contribution >= 4 is 28.5 Å². The Morgan fingerprint density at radius 1 is 1.24 bits per heavy atom. The number of rotatable bonds is 3. The van der Waals surface area contributed by atoms with Crippen LogP contribution >= 0.6 is 11.6 Å². The molecule has 4 rings (SSSR count). The Kier molecular flexibility index (Phi) is 4.01. The van der Waals surface area contributed by atoms with E-state index in [0.29, 0.717) is 28.0 Å². The summed E-state index contributed by atoms with van der Waals surface area (Å²) >= 11 is 6.07. The van der Waals surface area contributed by atoms with E-state index in [4.69, 9.17) is 16.3 Å². The average molecular weight is 355 g/mol. The first kappa shape index (κ1) is 15.8. The van der Waals surface area contributed by atoms with E-state index in [1.807, 2.05) is 18.2 Å². The quantitative estimate of drug-likeness (QED) is 0.677. The number of nitrogens with zero attached hydrogens (tertiary/aromatic N) is 2. The van der Waals surface area contributed by atoms with Crippen molar-refractivity contribution in [2.24, 2.45) is 0 Å². The smallest absolute Gasteiger partial charge is 0.338 e. The summed E-state index contributed by atoms with van der Waals surface area (Å²) in [4.78, 5) is 29.3. The Bertz CT molecular complexity index is 1040. The van der Waals surface area contributed by atoms with Gasteiger partial charge in [0.05, 0.1) is 16.5 Å². The molecule has 25 heavy (non-hydrogen) atoms. The molecule has 1 aromatic heterocycles. The molecule has 2 heterocycles. The van der Waals surface area contributed by atoms with Crippen LogP contribution in [0.15, 0.2) is 47.3 Å². The largest absolute Gasteiger partial charge is 0.457 e. The Hall–Kier alpha value is -2.66. The van der Waals surface area contributed by atoms with E-state index in [1.54, 1.807) is 28.8 Å². The molecule has 0 atom stereocenters. The molecule has 0 amide bonds. The predicted octanol–water partition coefficient (Wildman–Crippen LogP) is 3.35. The van der Waals surface area contributed by atoms with Gasteiger partial charge in [0, 0.05) is 23.6 Å². The van der Waals surface area contributed by atoms with Gasteiger partial charge in [-0.1, -0.05) is 29.8 Å². The van der Waals surface area contributed by atoms with E-state index < -0.39 is 5.97 Å². The first-order chi connectivity index (χ1) is 12.1. The minimum atomic E-state index is -0.468. The molecule has 0 spiro atoms. The number of aromatic nitrogens is 2. The summed E-state index contributed by atoms with van der Waals surface area (Å²) in [6, 6.07) is 12.1. The van der Waals surface area contributed by atoms with Gasteiger partial charge in [-0.05, 0) is 30.7 Å². The van der Waals surface area contributed by atoms with Gasteiger partial charge in [0.25, 0.3) is 5.56 Å². The van der Waals surface area contributed by atoms with Gasteiger partial charge in [0.1, 0.15) is 12.4 Å². The maximum atomic E-state index is 12.4. The first-order valence-electron chi connectivity index (χ1n) is 8.07. The number of carbonyl (C=O) groups excluding carboxylic acids is 1. The molecule has 126 valence electrons. The van der Waals surface area contributed by atoms with Gasteiger partial charge >= 0.3 is 5.97 Å². The highest BCUT2D eigenvalue weighted by molar-refractivity contribution is 6.31. The third-order valence-electron chi connectivity index (χ3n) is 4.37. The maximum absolute atomic E-state index is 12.4. The standard InChI is InChI=1S/C19H15ClN2O3/c20-15-5-2-1-4-13(15)11-25-19(24)12-7-8-14-16(10-12)21-17-6-3-9-22(17)18(14)23/h1-2,4-5,7-8,10H,3,6,9,11H2. The zero-order valence-electron chi connectivity index (χ0n) is 13.4. The second-order valence-corrected chi connectivity index (χ2v) is 6.40. The van der Waals surface area contributed by atoms with Crippen LogP contribution in [0, 0.1) is 0 Å². The highest BCUT2D eigenvalue weighted by atomic mass is 35.5. The SMILES string of the molecule is O=C(OCc1ccccc1Cl)c1ccc2c(=O)n3c(nc2c1)CCC3. The number of ether oxygens (including phenoxy) is 1. The van der Waals surface area contributed by atoms with Crippen molar-refractivity contribution in [1.82, 2.24) is 9.55 Å². The third-order valence-corrected chi connectivity index (χ3v) is 4.74. The van der Waals surface area contributed by atoms with Crippen molar-refractivity contribution < 1.29 is 9.53 Å². The van der Waals surface area contributed by atoms with Crippen molar-refractivity contribution in [3.63, 3.8) is 0 Å². The number of aryl methyl sites for hydroxylation is 1. The minimum absolute atomic E-state index is 0.0477. The highest BCUT2D eigenvalue weighted by Gasteiger charge is 2.17. The normalized spacial score (nSPS) is 13.0. The second kappa shape index (κ2) is 6.33. The zero-order chi connectivity index (χ0) is 17.4. The van der Waals surface area contributed by atoms with Gasteiger partial charge in [0.15, 0.2) is 0 Å². The molecule has 0 bridgehead atoms. The molecular weight excluding hydrogens is 340 g/mol. The maximum Gasteiger partial charge on any atom is 0.338 e. The molecule has 0 unspecified atom stereocenters. The number of fused-ring (bicyclic) bond motifs is 2. The molecule has 5 nitrogen and oxygen atoms in total. The summed E-state index contributed by atoms with van der Waals surface area (Å²) in [6.07, 6.45) is 1.71. The highest BCUT2D eigenvalue weighted by Crippen LogP contribution is 2.19. The van der Waals surface area contributed by atoms with Gasteiger partial charge in [-0.2, -0.15) is 0 Å². The lowest BCUT2D eigenvalue weighted by Crippen LogP contribution is -2.21. The number of esters is 1. The zero-order valence-corrected chi connectivity index (χ0v) is 14.1. The van der Waals surface area contributed by atoms with Crippen LogP contribution in [-0.2, 0) is 24.3 Å². The third kappa shape index (κ3) is 2.91. The molecule has 0 fully saturated rings. The van der Waals surface area contributed by atoms with Crippen molar-refractivity contribution in [2.75, 3.05) is 0 Å². The Balaban J connectivity index is 1.61. The minimum Gasteiger partial charge on any atom is -0.457 e. The van der Waals surface area contributed by atoms with Crippen LogP contribution in [0.1, 0.15) is 28.2 Å². The van der Waals surface area contributed by atoms with Gasteiger partial charge in [-0.15, -0.1) is 0 Å². The molecule has 0 aliphatic carbocycles. The summed E-state index contributed by atoms with van der Waals surface area (Å²) in [5.41, 5.74) is 1.60. The van der Waals surface area contributed by atoms with Crippen LogP contribution in [0.25, 0.3) is 10.9 Å². The lowest BCUT2D eigenvalue weighted by molar-refractivity contribution is 0.0473. The van der Waals surface area contributed by atoms with Gasteiger partial charge in [0.2, 0.25) is 0 Å². The van der Waals surface area contributed by atoms with Crippen LogP contribution in [0.2, 0.25) is 5.02 Å². The molecule has 2 aromatic carbocycles. The molecule has 0 saturated carbocycles.